The van der Waals surface area contributed by atoms with Crippen LogP contribution >= 0.6 is 27.5 Å². The van der Waals surface area contributed by atoms with Crippen molar-refractivity contribution in [1.29, 1.82) is 0 Å². The third-order valence-corrected chi connectivity index (χ3v) is 5.45. The largest absolute Gasteiger partial charge is 0.507 e. The maximum atomic E-state index is 13.0. The number of aliphatic hydroxyl groups excluding tert-OH is 1. The van der Waals surface area contributed by atoms with Crippen molar-refractivity contribution in [2.75, 3.05) is 4.90 Å². The number of hydrogen-bond acceptors (Lipinski definition) is 4. The molecule has 1 aliphatic heterocycles. The smallest absolute Gasteiger partial charge is 0.300 e. The fourth-order valence-electron chi connectivity index (χ4n) is 3.32. The Hall–Kier alpha value is -2.96. The van der Waals surface area contributed by atoms with E-state index < -0.39 is 17.7 Å². The summed E-state index contributed by atoms with van der Waals surface area (Å²) >= 11 is 9.32. The molecule has 1 aromatic heterocycles. The minimum Gasteiger partial charge on any atom is -0.507 e. The van der Waals surface area contributed by atoms with Gasteiger partial charge in [0.2, 0.25) is 0 Å². The van der Waals surface area contributed by atoms with E-state index in [1.165, 1.54) is 4.90 Å². The molecule has 29 heavy (non-hydrogen) atoms. The Balaban J connectivity index is 1.93. The summed E-state index contributed by atoms with van der Waals surface area (Å²) in [6.45, 7) is 0. The zero-order valence-corrected chi connectivity index (χ0v) is 17.3. The second-order valence-electron chi connectivity index (χ2n) is 6.44. The zero-order valence-electron chi connectivity index (χ0n) is 14.9. The van der Waals surface area contributed by atoms with Crippen LogP contribution in [0, 0.1) is 0 Å². The predicted molar refractivity (Wildman–Crippen MR) is 115 cm³/mol. The average molecular weight is 470 g/mol. The Morgan fingerprint density at radius 3 is 2.34 bits per heavy atom. The number of ketones is 1. The number of anilines is 1. The third-order valence-electron chi connectivity index (χ3n) is 4.67. The van der Waals surface area contributed by atoms with Gasteiger partial charge in [-0.25, -0.2) is 0 Å². The van der Waals surface area contributed by atoms with E-state index in [1.54, 1.807) is 73.1 Å². The van der Waals surface area contributed by atoms with Crippen molar-refractivity contribution in [2.24, 2.45) is 0 Å². The molecule has 1 amide bonds. The van der Waals surface area contributed by atoms with E-state index in [4.69, 9.17) is 11.6 Å². The van der Waals surface area contributed by atoms with Crippen LogP contribution in [-0.4, -0.2) is 21.8 Å². The summed E-state index contributed by atoms with van der Waals surface area (Å²) in [4.78, 5) is 31.4. The zero-order chi connectivity index (χ0) is 20.5. The van der Waals surface area contributed by atoms with Gasteiger partial charge in [-0.2, -0.15) is 0 Å². The maximum absolute atomic E-state index is 13.0. The summed E-state index contributed by atoms with van der Waals surface area (Å²) in [6.07, 6.45) is 3.18. The molecule has 144 valence electrons. The topological polar surface area (TPSA) is 70.5 Å². The van der Waals surface area contributed by atoms with Crippen molar-refractivity contribution in [2.45, 2.75) is 6.04 Å². The van der Waals surface area contributed by atoms with Gasteiger partial charge in [0.25, 0.3) is 11.7 Å². The Morgan fingerprint density at radius 1 is 1.03 bits per heavy atom. The second kappa shape index (κ2) is 7.81. The van der Waals surface area contributed by atoms with E-state index >= 15 is 0 Å². The molecule has 7 heteroatoms. The lowest BCUT2D eigenvalue weighted by atomic mass is 9.96. The van der Waals surface area contributed by atoms with Gasteiger partial charge in [-0.1, -0.05) is 45.7 Å². The molecular formula is C22H14BrClN2O3. The van der Waals surface area contributed by atoms with E-state index in [2.05, 4.69) is 20.9 Å². The van der Waals surface area contributed by atoms with Crippen LogP contribution in [-0.2, 0) is 9.59 Å². The van der Waals surface area contributed by atoms with Gasteiger partial charge in [-0.3, -0.25) is 19.5 Å². The summed E-state index contributed by atoms with van der Waals surface area (Å²) in [6, 6.07) is 16.1. The van der Waals surface area contributed by atoms with E-state index in [1.807, 2.05) is 0 Å². The van der Waals surface area contributed by atoms with Crippen LogP contribution < -0.4 is 4.90 Å². The molecule has 4 rings (SSSR count). The molecule has 3 aromatic rings. The average Bonchev–Trinajstić information content (AvgIpc) is 3.00. The summed E-state index contributed by atoms with van der Waals surface area (Å²) in [5.74, 6) is -1.71. The fourth-order valence-corrected chi connectivity index (χ4v) is 3.71. The highest BCUT2D eigenvalue weighted by atomic mass is 79.9. The molecule has 5 nitrogen and oxygen atoms in total. The number of rotatable bonds is 3. The minimum atomic E-state index is -0.812. The number of Topliss-reactive ketones (excluding diaryl/α,β-unsaturated/α-hetero) is 1. The van der Waals surface area contributed by atoms with E-state index in [9.17, 15) is 14.7 Å². The van der Waals surface area contributed by atoms with Crippen molar-refractivity contribution in [3.63, 3.8) is 0 Å². The number of pyridine rings is 1. The predicted octanol–water partition coefficient (Wildman–Crippen LogP) is 5.12. The van der Waals surface area contributed by atoms with Gasteiger partial charge in [-0.05, 0) is 48.0 Å². The van der Waals surface area contributed by atoms with Gasteiger partial charge >= 0.3 is 0 Å². The lowest BCUT2D eigenvalue weighted by Crippen LogP contribution is -2.29. The van der Waals surface area contributed by atoms with E-state index in [0.29, 0.717) is 21.8 Å². The third kappa shape index (κ3) is 3.57. The van der Waals surface area contributed by atoms with Crippen molar-refractivity contribution in [3.8, 4) is 0 Å². The number of carbonyl (C=O) groups is 2. The van der Waals surface area contributed by atoms with Crippen LogP contribution in [0.4, 0.5) is 5.69 Å². The van der Waals surface area contributed by atoms with Crippen LogP contribution in [0.3, 0.4) is 0 Å². The number of aliphatic hydroxyl groups is 1. The molecular weight excluding hydrogens is 456 g/mol. The van der Waals surface area contributed by atoms with Gasteiger partial charge in [0, 0.05) is 33.1 Å². The van der Waals surface area contributed by atoms with Gasteiger partial charge in [-0.15, -0.1) is 0 Å². The Kier molecular flexibility index (Phi) is 5.22. The van der Waals surface area contributed by atoms with Gasteiger partial charge in [0.15, 0.2) is 0 Å². The molecule has 0 saturated carbocycles. The molecule has 0 bridgehead atoms. The number of halogens is 2. The molecule has 1 saturated heterocycles. The summed E-state index contributed by atoms with van der Waals surface area (Å²) in [5.41, 5.74) is 1.57. The molecule has 2 heterocycles. The summed E-state index contributed by atoms with van der Waals surface area (Å²) < 4.78 is 0.833. The number of amides is 1. The van der Waals surface area contributed by atoms with Crippen molar-refractivity contribution in [1.82, 2.24) is 4.98 Å². The highest BCUT2D eigenvalue weighted by molar-refractivity contribution is 9.10. The number of aromatic nitrogens is 1. The van der Waals surface area contributed by atoms with Crippen LogP contribution in [0.2, 0.25) is 5.02 Å². The lowest BCUT2D eigenvalue weighted by molar-refractivity contribution is -0.132. The lowest BCUT2D eigenvalue weighted by Gasteiger charge is -2.25. The van der Waals surface area contributed by atoms with Crippen LogP contribution in [0.1, 0.15) is 17.2 Å². The van der Waals surface area contributed by atoms with Gasteiger partial charge in [0.05, 0.1) is 11.6 Å². The quantitative estimate of drug-likeness (QED) is 0.328. The molecule has 1 fully saturated rings. The fraction of sp³-hybridized carbons (Fsp3) is 0.0455. The number of hydrogen-bond donors (Lipinski definition) is 1. The maximum Gasteiger partial charge on any atom is 0.300 e. The molecule has 1 atom stereocenters. The van der Waals surface area contributed by atoms with Crippen LogP contribution in [0.25, 0.3) is 5.76 Å². The van der Waals surface area contributed by atoms with Gasteiger partial charge in [0.1, 0.15) is 5.76 Å². The first kappa shape index (κ1) is 19.4. The second-order valence-corrected chi connectivity index (χ2v) is 7.79. The first-order chi connectivity index (χ1) is 14.0. The standard InChI is InChI=1S/C22H14BrClN2O3/c23-15-5-3-13(4-6-15)20(27)18-19(14-2-1-11-25-12-14)26(22(29)21(18)28)17-9-7-16(24)8-10-17/h1-12,19,27H/b20-18-. The Morgan fingerprint density at radius 2 is 1.72 bits per heavy atom. The number of nitrogens with zero attached hydrogens (tertiary/aromatic N) is 2. The normalized spacial score (nSPS) is 18.3. The molecule has 1 N–H and O–H groups in total. The van der Waals surface area contributed by atoms with Crippen molar-refractivity contribution in [3.05, 3.63) is 99.3 Å². The SMILES string of the molecule is O=C1C(=O)N(c2ccc(Cl)cc2)C(c2cccnc2)/C1=C(/O)c1ccc(Br)cc1. The first-order valence-corrected chi connectivity index (χ1v) is 9.87. The summed E-state index contributed by atoms with van der Waals surface area (Å²) in [5, 5.41) is 11.5. The molecule has 0 spiro atoms. The highest BCUT2D eigenvalue weighted by Crippen LogP contribution is 2.42. The summed E-state index contributed by atoms with van der Waals surface area (Å²) in [7, 11) is 0. The molecule has 1 unspecified atom stereocenters. The van der Waals surface area contributed by atoms with Crippen molar-refractivity contribution >= 4 is 50.7 Å². The number of benzene rings is 2. The molecule has 0 aliphatic carbocycles. The number of carbonyl (C=O) groups excluding carboxylic acids is 2. The van der Waals surface area contributed by atoms with Crippen molar-refractivity contribution < 1.29 is 14.7 Å². The first-order valence-electron chi connectivity index (χ1n) is 8.70. The molecule has 1 aliphatic rings. The molecule has 2 aromatic carbocycles. The minimum absolute atomic E-state index is 0.0141. The Bertz CT molecular complexity index is 1110. The van der Waals surface area contributed by atoms with E-state index in [-0.39, 0.29) is 11.3 Å². The van der Waals surface area contributed by atoms with Gasteiger partial charge < -0.3 is 5.11 Å². The monoisotopic (exact) mass is 468 g/mol. The Labute approximate surface area is 180 Å². The van der Waals surface area contributed by atoms with Crippen LogP contribution in [0.15, 0.2) is 83.1 Å². The highest BCUT2D eigenvalue weighted by Gasteiger charge is 2.47. The van der Waals surface area contributed by atoms with E-state index in [0.717, 1.165) is 4.47 Å². The van der Waals surface area contributed by atoms with Crippen LogP contribution in [0.5, 0.6) is 0 Å². The molecule has 0 radical (unpaired) electrons.